The molecule has 5 heteroatoms. The predicted molar refractivity (Wildman–Crippen MR) is 113 cm³/mol. The molecule has 2 aromatic carbocycles. The first-order valence-electron chi connectivity index (χ1n) is 9.06. The van der Waals surface area contributed by atoms with E-state index in [1.54, 1.807) is 16.4 Å². The van der Waals surface area contributed by atoms with Crippen LogP contribution in [0.5, 0.6) is 0 Å². The Kier molecular flexibility index (Phi) is 4.86. The maximum atomic E-state index is 13.6. The summed E-state index contributed by atoms with van der Waals surface area (Å²) in [6.45, 7) is 1.97. The maximum absolute atomic E-state index is 13.6. The Morgan fingerprint density at radius 2 is 1.62 bits per heavy atom. The van der Waals surface area contributed by atoms with Crippen molar-refractivity contribution in [3.8, 4) is 0 Å². The van der Waals surface area contributed by atoms with Gasteiger partial charge in [-0.15, -0.1) is 0 Å². The highest BCUT2D eigenvalue weighted by Crippen LogP contribution is 2.50. The quantitative estimate of drug-likeness (QED) is 0.556. The third kappa shape index (κ3) is 2.99. The zero-order chi connectivity index (χ0) is 18.3. The molecule has 2 aliphatic rings. The number of fused-ring (bicyclic) bond motifs is 1. The van der Waals surface area contributed by atoms with E-state index in [0.717, 1.165) is 36.1 Å². The molecule has 0 spiro atoms. The third-order valence-electron chi connectivity index (χ3n) is 5.43. The Morgan fingerprint density at radius 1 is 0.962 bits per heavy atom. The normalized spacial score (nSPS) is 23.2. The highest BCUT2D eigenvalue weighted by Gasteiger charge is 2.46. The summed E-state index contributed by atoms with van der Waals surface area (Å²) in [4.78, 5) is 0.381. The van der Waals surface area contributed by atoms with E-state index < -0.39 is 10.0 Å². The molecular formula is C21H22INO2S. The Bertz CT molecular complexity index is 936. The van der Waals surface area contributed by atoms with Crippen molar-refractivity contribution in [1.82, 2.24) is 4.31 Å². The van der Waals surface area contributed by atoms with Gasteiger partial charge in [0.15, 0.2) is 0 Å². The second-order valence-corrected chi connectivity index (χ2v) is 10.1. The summed E-state index contributed by atoms with van der Waals surface area (Å²) < 4.78 is 30.2. The first-order chi connectivity index (χ1) is 12.5. The van der Waals surface area contributed by atoms with Crippen LogP contribution in [0.4, 0.5) is 0 Å². The first kappa shape index (κ1) is 18.0. The Hall–Kier alpha value is -1.34. The van der Waals surface area contributed by atoms with Crippen molar-refractivity contribution in [1.29, 1.82) is 0 Å². The van der Waals surface area contributed by atoms with Crippen LogP contribution in [0.3, 0.4) is 0 Å². The SMILES string of the molecule is Cc1ccc(S(=O)(=O)N2C(c3ccccc3)=C(I)[C@H]3CCCC[C@@H]32)cc1. The standard InChI is InChI=1S/C21H22INO2S/c1-15-11-13-17(14-12-15)26(24,25)23-19-10-6-5-9-18(19)20(22)21(23)16-7-3-2-4-8-16/h2-4,7-8,11-14,18-19H,5-6,9-10H2,1H3/t18-,19-/m0/s1. The topological polar surface area (TPSA) is 37.4 Å². The van der Waals surface area contributed by atoms with Gasteiger partial charge in [-0.05, 0) is 60.1 Å². The van der Waals surface area contributed by atoms with Gasteiger partial charge in [-0.1, -0.05) is 60.9 Å². The van der Waals surface area contributed by atoms with Crippen molar-refractivity contribution in [3.63, 3.8) is 0 Å². The van der Waals surface area contributed by atoms with Crippen molar-refractivity contribution in [2.75, 3.05) is 0 Å². The summed E-state index contributed by atoms with van der Waals surface area (Å²) >= 11 is 2.39. The molecular weight excluding hydrogens is 457 g/mol. The molecule has 0 unspecified atom stereocenters. The molecule has 1 fully saturated rings. The summed E-state index contributed by atoms with van der Waals surface area (Å²) in [5.41, 5.74) is 2.93. The molecule has 4 rings (SSSR count). The fourth-order valence-corrected chi connectivity index (χ4v) is 7.34. The van der Waals surface area contributed by atoms with Gasteiger partial charge in [-0.3, -0.25) is 4.31 Å². The number of hydrogen-bond donors (Lipinski definition) is 0. The number of aryl methyl sites for hydroxylation is 1. The monoisotopic (exact) mass is 479 g/mol. The van der Waals surface area contributed by atoms with E-state index in [1.807, 2.05) is 49.4 Å². The molecule has 2 atom stereocenters. The van der Waals surface area contributed by atoms with Crippen molar-refractivity contribution >= 4 is 38.3 Å². The lowest BCUT2D eigenvalue weighted by atomic mass is 9.86. The van der Waals surface area contributed by atoms with E-state index in [4.69, 9.17) is 0 Å². The summed E-state index contributed by atoms with van der Waals surface area (Å²) in [7, 11) is -3.59. The summed E-state index contributed by atoms with van der Waals surface area (Å²) in [5.74, 6) is 0.319. The Morgan fingerprint density at radius 3 is 2.31 bits per heavy atom. The van der Waals surface area contributed by atoms with E-state index in [2.05, 4.69) is 22.6 Å². The van der Waals surface area contributed by atoms with Gasteiger partial charge in [0.05, 0.1) is 16.6 Å². The van der Waals surface area contributed by atoms with E-state index in [0.29, 0.717) is 10.8 Å². The van der Waals surface area contributed by atoms with Crippen LogP contribution in [0.15, 0.2) is 63.1 Å². The minimum Gasteiger partial charge on any atom is -0.261 e. The number of hydrogen-bond acceptors (Lipinski definition) is 2. The van der Waals surface area contributed by atoms with Gasteiger partial charge in [0, 0.05) is 9.50 Å². The van der Waals surface area contributed by atoms with Crippen LogP contribution in [0.25, 0.3) is 5.70 Å². The molecule has 1 aliphatic heterocycles. The molecule has 1 aliphatic carbocycles. The van der Waals surface area contributed by atoms with Gasteiger partial charge in [0.25, 0.3) is 10.0 Å². The molecule has 2 aromatic rings. The molecule has 3 nitrogen and oxygen atoms in total. The second-order valence-electron chi connectivity index (χ2n) is 7.13. The summed E-state index contributed by atoms with van der Waals surface area (Å²) in [6, 6.07) is 17.2. The Labute approximate surface area is 169 Å². The average molecular weight is 479 g/mol. The number of nitrogens with zero attached hydrogens (tertiary/aromatic N) is 1. The van der Waals surface area contributed by atoms with Crippen LogP contribution in [0, 0.1) is 12.8 Å². The van der Waals surface area contributed by atoms with Gasteiger partial charge in [-0.25, -0.2) is 8.42 Å². The number of benzene rings is 2. The lowest BCUT2D eigenvalue weighted by Crippen LogP contribution is -2.39. The molecule has 0 saturated heterocycles. The van der Waals surface area contributed by atoms with Crippen molar-refractivity contribution < 1.29 is 8.42 Å². The Balaban J connectivity index is 1.87. The molecule has 0 N–H and O–H groups in total. The van der Waals surface area contributed by atoms with Gasteiger partial charge in [-0.2, -0.15) is 0 Å². The minimum absolute atomic E-state index is 0.0390. The zero-order valence-electron chi connectivity index (χ0n) is 14.7. The van der Waals surface area contributed by atoms with Crippen LogP contribution in [0.2, 0.25) is 0 Å². The van der Waals surface area contributed by atoms with Crippen LogP contribution >= 0.6 is 22.6 Å². The summed E-state index contributed by atoms with van der Waals surface area (Å²) in [6.07, 6.45) is 4.26. The van der Waals surface area contributed by atoms with Gasteiger partial charge >= 0.3 is 0 Å². The van der Waals surface area contributed by atoms with Crippen LogP contribution in [-0.4, -0.2) is 18.8 Å². The molecule has 0 aromatic heterocycles. The second kappa shape index (κ2) is 7.00. The van der Waals surface area contributed by atoms with E-state index in [9.17, 15) is 8.42 Å². The van der Waals surface area contributed by atoms with Gasteiger partial charge < -0.3 is 0 Å². The van der Waals surface area contributed by atoms with E-state index >= 15 is 0 Å². The highest BCUT2D eigenvalue weighted by molar-refractivity contribution is 14.1. The van der Waals surface area contributed by atoms with Crippen LogP contribution < -0.4 is 0 Å². The first-order valence-corrected chi connectivity index (χ1v) is 11.6. The molecule has 1 heterocycles. The van der Waals surface area contributed by atoms with Gasteiger partial charge in [0.1, 0.15) is 0 Å². The largest absolute Gasteiger partial charge is 0.264 e. The molecule has 0 amide bonds. The van der Waals surface area contributed by atoms with Crippen LogP contribution in [-0.2, 0) is 10.0 Å². The molecule has 26 heavy (non-hydrogen) atoms. The molecule has 1 saturated carbocycles. The van der Waals surface area contributed by atoms with Crippen molar-refractivity contribution in [2.45, 2.75) is 43.5 Å². The predicted octanol–water partition coefficient (Wildman–Crippen LogP) is 5.36. The van der Waals surface area contributed by atoms with Gasteiger partial charge in [0.2, 0.25) is 0 Å². The number of sulfonamides is 1. The average Bonchev–Trinajstić information content (AvgIpc) is 2.96. The van der Waals surface area contributed by atoms with Crippen molar-refractivity contribution in [2.24, 2.45) is 5.92 Å². The molecule has 136 valence electrons. The highest BCUT2D eigenvalue weighted by atomic mass is 127. The molecule has 0 radical (unpaired) electrons. The number of rotatable bonds is 3. The van der Waals surface area contributed by atoms with Crippen LogP contribution in [0.1, 0.15) is 36.8 Å². The fraction of sp³-hybridized carbons (Fsp3) is 0.333. The maximum Gasteiger partial charge on any atom is 0.264 e. The smallest absolute Gasteiger partial charge is 0.261 e. The fourth-order valence-electron chi connectivity index (χ4n) is 4.12. The van der Waals surface area contributed by atoms with E-state index in [-0.39, 0.29) is 6.04 Å². The van der Waals surface area contributed by atoms with Crippen molar-refractivity contribution in [3.05, 3.63) is 69.3 Å². The van der Waals surface area contributed by atoms with E-state index in [1.165, 1.54) is 10.0 Å². The summed E-state index contributed by atoms with van der Waals surface area (Å²) in [5, 5.41) is 0. The lowest BCUT2D eigenvalue weighted by Gasteiger charge is -2.34. The minimum atomic E-state index is -3.59. The molecule has 0 bridgehead atoms. The third-order valence-corrected chi connectivity index (χ3v) is 8.58. The lowest BCUT2D eigenvalue weighted by molar-refractivity contribution is 0.280. The number of halogens is 1. The zero-order valence-corrected chi connectivity index (χ0v) is 17.7.